The molecule has 0 fully saturated rings. The summed E-state index contributed by atoms with van der Waals surface area (Å²) < 4.78 is 4.73. The van der Waals surface area contributed by atoms with Crippen LogP contribution in [0.2, 0.25) is 5.02 Å². The van der Waals surface area contributed by atoms with Gasteiger partial charge >= 0.3 is 5.97 Å². The molecule has 0 aliphatic carbocycles. The number of hydrogen-bond donors (Lipinski definition) is 0. The second-order valence-electron chi connectivity index (χ2n) is 2.81. The lowest BCUT2D eigenvalue weighted by Gasteiger charge is -2.03. The van der Waals surface area contributed by atoms with Crippen molar-refractivity contribution in [1.82, 2.24) is 0 Å². The Bertz CT molecular complexity index is 444. The minimum Gasteiger partial charge on any atom is -0.458 e. The maximum Gasteiger partial charge on any atom is 0.340 e. The summed E-state index contributed by atoms with van der Waals surface area (Å²) in [5.74, 6) is -0.714. The first-order valence-corrected chi connectivity index (χ1v) is 4.66. The Morgan fingerprint density at radius 2 is 2.31 bits per heavy atom. The number of non-ortho nitro benzene ring substituents is 1. The first-order chi connectivity index (χ1) is 7.56. The molecule has 0 heterocycles. The minimum atomic E-state index is -0.714. The molecule has 0 saturated carbocycles. The Kier molecular flexibility index (Phi) is 4.02. The van der Waals surface area contributed by atoms with Crippen LogP contribution in [0.3, 0.4) is 0 Å². The van der Waals surface area contributed by atoms with Crippen molar-refractivity contribution < 1.29 is 14.5 Å². The third kappa shape index (κ3) is 2.80. The van der Waals surface area contributed by atoms with Crippen molar-refractivity contribution in [3.63, 3.8) is 0 Å². The molecule has 0 spiro atoms. The molecule has 1 aromatic carbocycles. The quantitative estimate of drug-likeness (QED) is 0.352. The Morgan fingerprint density at radius 3 is 2.88 bits per heavy atom. The van der Waals surface area contributed by atoms with E-state index in [1.807, 2.05) is 0 Å². The summed E-state index contributed by atoms with van der Waals surface area (Å²) in [5.41, 5.74) is -0.243. The standard InChI is InChI=1S/C10H8ClNO4/c1-2-5-16-10(13)8-6-7(12(14)15)3-4-9(8)11/h2-4,6H,1,5H2. The van der Waals surface area contributed by atoms with Crippen molar-refractivity contribution >= 4 is 23.3 Å². The average molecular weight is 242 g/mol. The van der Waals surface area contributed by atoms with Crippen LogP contribution in [0.5, 0.6) is 0 Å². The molecule has 0 N–H and O–H groups in total. The number of nitrogens with zero attached hydrogens (tertiary/aromatic N) is 1. The van der Waals surface area contributed by atoms with Crippen LogP contribution in [-0.4, -0.2) is 17.5 Å². The lowest BCUT2D eigenvalue weighted by molar-refractivity contribution is -0.384. The smallest absolute Gasteiger partial charge is 0.340 e. The number of ether oxygens (including phenoxy) is 1. The summed E-state index contributed by atoms with van der Waals surface area (Å²) in [6.45, 7) is 3.40. The van der Waals surface area contributed by atoms with Crippen molar-refractivity contribution in [3.05, 3.63) is 51.6 Å². The van der Waals surface area contributed by atoms with Crippen LogP contribution in [-0.2, 0) is 4.74 Å². The zero-order chi connectivity index (χ0) is 12.1. The Morgan fingerprint density at radius 1 is 1.62 bits per heavy atom. The Labute approximate surface area is 96.4 Å². The van der Waals surface area contributed by atoms with E-state index >= 15 is 0 Å². The second kappa shape index (κ2) is 5.27. The number of nitro benzene ring substituents is 1. The predicted octanol–water partition coefficient (Wildman–Crippen LogP) is 2.59. The van der Waals surface area contributed by atoms with Crippen LogP contribution < -0.4 is 0 Å². The third-order valence-electron chi connectivity index (χ3n) is 1.71. The highest BCUT2D eigenvalue weighted by Gasteiger charge is 2.16. The molecule has 1 aromatic rings. The summed E-state index contributed by atoms with van der Waals surface area (Å²) in [5, 5.41) is 10.6. The van der Waals surface area contributed by atoms with E-state index in [9.17, 15) is 14.9 Å². The summed E-state index contributed by atoms with van der Waals surface area (Å²) in [6.07, 6.45) is 1.39. The van der Waals surface area contributed by atoms with Gasteiger partial charge in [0.1, 0.15) is 6.61 Å². The zero-order valence-corrected chi connectivity index (χ0v) is 8.94. The summed E-state index contributed by atoms with van der Waals surface area (Å²) >= 11 is 5.73. The maximum absolute atomic E-state index is 11.4. The van der Waals surface area contributed by atoms with E-state index in [-0.39, 0.29) is 22.9 Å². The number of carbonyl (C=O) groups is 1. The molecule has 0 amide bonds. The van der Waals surface area contributed by atoms with Crippen LogP contribution in [0.1, 0.15) is 10.4 Å². The second-order valence-corrected chi connectivity index (χ2v) is 3.22. The molecule has 84 valence electrons. The molecule has 0 aliphatic rings. The molecule has 5 nitrogen and oxygen atoms in total. The number of nitro groups is 1. The van der Waals surface area contributed by atoms with Gasteiger partial charge in [-0.25, -0.2) is 4.79 Å². The molecular formula is C10H8ClNO4. The molecule has 0 unspecified atom stereocenters. The van der Waals surface area contributed by atoms with Crippen LogP contribution >= 0.6 is 11.6 Å². The van der Waals surface area contributed by atoms with Crippen molar-refractivity contribution in [3.8, 4) is 0 Å². The van der Waals surface area contributed by atoms with E-state index in [1.165, 1.54) is 18.2 Å². The normalized spacial score (nSPS) is 9.56. The SMILES string of the molecule is C=CCOC(=O)c1cc([N+](=O)[O-])ccc1Cl. The lowest BCUT2D eigenvalue weighted by atomic mass is 10.2. The molecule has 0 aliphatic heterocycles. The summed E-state index contributed by atoms with van der Waals surface area (Å²) in [4.78, 5) is 21.3. The van der Waals surface area contributed by atoms with E-state index in [1.54, 1.807) is 0 Å². The van der Waals surface area contributed by atoms with E-state index in [2.05, 4.69) is 6.58 Å². The van der Waals surface area contributed by atoms with Gasteiger partial charge in [0.05, 0.1) is 15.5 Å². The number of benzene rings is 1. The van der Waals surface area contributed by atoms with Gasteiger partial charge in [0, 0.05) is 12.1 Å². The molecule has 16 heavy (non-hydrogen) atoms. The Hall–Kier alpha value is -1.88. The summed E-state index contributed by atoms with van der Waals surface area (Å²) in [7, 11) is 0. The van der Waals surface area contributed by atoms with Crippen LogP contribution in [0, 0.1) is 10.1 Å². The van der Waals surface area contributed by atoms with Crippen LogP contribution in [0.15, 0.2) is 30.9 Å². The fraction of sp³-hybridized carbons (Fsp3) is 0.100. The Balaban J connectivity index is 3.02. The van der Waals surface area contributed by atoms with Gasteiger partial charge in [0.25, 0.3) is 5.69 Å². The van der Waals surface area contributed by atoms with Gasteiger partial charge in [-0.1, -0.05) is 24.3 Å². The van der Waals surface area contributed by atoms with E-state index in [0.29, 0.717) is 0 Å². The number of carbonyl (C=O) groups excluding carboxylic acids is 1. The lowest BCUT2D eigenvalue weighted by Crippen LogP contribution is -2.06. The fourth-order valence-corrected chi connectivity index (χ4v) is 1.19. The first kappa shape index (κ1) is 12.2. The first-order valence-electron chi connectivity index (χ1n) is 4.28. The molecule has 0 atom stereocenters. The molecule has 1 rings (SSSR count). The molecule has 0 aromatic heterocycles. The van der Waals surface area contributed by atoms with Gasteiger partial charge in [0.2, 0.25) is 0 Å². The van der Waals surface area contributed by atoms with Crippen molar-refractivity contribution in [2.45, 2.75) is 0 Å². The molecule has 0 bridgehead atoms. The molecular weight excluding hydrogens is 234 g/mol. The van der Waals surface area contributed by atoms with Gasteiger partial charge in [-0.3, -0.25) is 10.1 Å². The van der Waals surface area contributed by atoms with Crippen molar-refractivity contribution in [2.75, 3.05) is 6.61 Å². The largest absolute Gasteiger partial charge is 0.458 e. The van der Waals surface area contributed by atoms with E-state index in [0.717, 1.165) is 6.07 Å². The number of rotatable bonds is 4. The maximum atomic E-state index is 11.4. The number of esters is 1. The van der Waals surface area contributed by atoms with Gasteiger partial charge in [-0.15, -0.1) is 0 Å². The predicted molar refractivity (Wildman–Crippen MR) is 58.6 cm³/mol. The van der Waals surface area contributed by atoms with Gasteiger partial charge in [-0.05, 0) is 6.07 Å². The van der Waals surface area contributed by atoms with Gasteiger partial charge in [-0.2, -0.15) is 0 Å². The van der Waals surface area contributed by atoms with E-state index in [4.69, 9.17) is 16.3 Å². The molecule has 6 heteroatoms. The highest BCUT2D eigenvalue weighted by Crippen LogP contribution is 2.22. The topological polar surface area (TPSA) is 69.4 Å². The summed E-state index contributed by atoms with van der Waals surface area (Å²) in [6, 6.07) is 3.57. The fourth-order valence-electron chi connectivity index (χ4n) is 0.996. The van der Waals surface area contributed by atoms with Crippen LogP contribution in [0.4, 0.5) is 5.69 Å². The van der Waals surface area contributed by atoms with Gasteiger partial charge in [0.15, 0.2) is 0 Å². The van der Waals surface area contributed by atoms with Gasteiger partial charge < -0.3 is 4.74 Å². The van der Waals surface area contributed by atoms with Crippen LogP contribution in [0.25, 0.3) is 0 Å². The zero-order valence-electron chi connectivity index (χ0n) is 8.18. The van der Waals surface area contributed by atoms with Crippen molar-refractivity contribution in [1.29, 1.82) is 0 Å². The third-order valence-corrected chi connectivity index (χ3v) is 2.04. The minimum absolute atomic E-state index is 0.0256. The highest BCUT2D eigenvalue weighted by atomic mass is 35.5. The number of hydrogen-bond acceptors (Lipinski definition) is 4. The highest BCUT2D eigenvalue weighted by molar-refractivity contribution is 6.33. The molecule has 0 saturated heterocycles. The van der Waals surface area contributed by atoms with Crippen molar-refractivity contribution in [2.24, 2.45) is 0 Å². The van der Waals surface area contributed by atoms with E-state index < -0.39 is 10.9 Å². The number of halogens is 1. The monoisotopic (exact) mass is 241 g/mol. The average Bonchev–Trinajstić information content (AvgIpc) is 2.26. The molecule has 0 radical (unpaired) electrons.